The molecule has 0 bridgehead atoms. The van der Waals surface area contributed by atoms with Gasteiger partial charge >= 0.3 is 0 Å². The largest absolute Gasteiger partial charge is 0.496 e. The number of rotatable bonds is 12. The molecule has 0 aliphatic carbocycles. The Morgan fingerprint density at radius 3 is 2.54 bits per heavy atom. The smallest absolute Gasteiger partial charge is 0.170 e. The van der Waals surface area contributed by atoms with Crippen molar-refractivity contribution in [2.45, 2.75) is 57.2 Å². The van der Waals surface area contributed by atoms with Crippen molar-refractivity contribution in [3.8, 4) is 11.5 Å². The molecule has 0 spiro atoms. The first-order valence-electron chi connectivity index (χ1n) is 13.1. The summed E-state index contributed by atoms with van der Waals surface area (Å²) in [6.45, 7) is 5.14. The number of carbonyl (C=O) groups excluding carboxylic acids is 1. The zero-order valence-corrected chi connectivity index (χ0v) is 21.0. The van der Waals surface area contributed by atoms with Gasteiger partial charge in [0.05, 0.1) is 19.6 Å². The number of hydrogen-bond acceptors (Lipinski definition) is 6. The molecule has 190 valence electrons. The SMILES string of the molecule is COc1ccccc1C(CCOC1CCCCO1)C(=O)c1ccc(OCCN2CCCCC2)cc1. The Balaban J connectivity index is 1.38. The van der Waals surface area contributed by atoms with E-state index in [0.717, 1.165) is 62.6 Å². The molecule has 4 rings (SSSR count). The minimum atomic E-state index is -0.361. The predicted octanol–water partition coefficient (Wildman–Crippen LogP) is 5.46. The number of ether oxygens (including phenoxy) is 4. The summed E-state index contributed by atoms with van der Waals surface area (Å²) in [6.07, 6.45) is 7.40. The lowest BCUT2D eigenvalue weighted by Gasteiger charge is -2.26. The van der Waals surface area contributed by atoms with Crippen molar-refractivity contribution in [1.29, 1.82) is 0 Å². The van der Waals surface area contributed by atoms with Crippen LogP contribution < -0.4 is 9.47 Å². The van der Waals surface area contributed by atoms with Crippen molar-refractivity contribution in [3.63, 3.8) is 0 Å². The minimum absolute atomic E-state index is 0.0579. The van der Waals surface area contributed by atoms with Crippen molar-refractivity contribution in [3.05, 3.63) is 59.7 Å². The number of piperidine rings is 1. The van der Waals surface area contributed by atoms with Gasteiger partial charge in [0, 0.05) is 24.3 Å². The second-order valence-electron chi connectivity index (χ2n) is 9.39. The Morgan fingerprint density at radius 2 is 1.80 bits per heavy atom. The number of ketones is 1. The fourth-order valence-corrected chi connectivity index (χ4v) is 4.93. The molecule has 0 amide bonds. The van der Waals surface area contributed by atoms with Crippen molar-refractivity contribution in [2.75, 3.05) is 46.6 Å². The standard InChI is InChI=1S/C29H39NO5/c1-32-27-10-4-3-9-25(27)26(16-21-35-28-11-5-8-20-34-28)29(31)23-12-14-24(15-13-23)33-22-19-30-17-6-2-7-18-30/h3-4,9-10,12-15,26,28H,2,5-8,11,16-22H2,1H3. The molecule has 2 aromatic carbocycles. The van der Waals surface area contributed by atoms with E-state index in [1.807, 2.05) is 48.5 Å². The maximum Gasteiger partial charge on any atom is 0.170 e. The van der Waals surface area contributed by atoms with Crippen LogP contribution in [-0.2, 0) is 9.47 Å². The highest BCUT2D eigenvalue weighted by Crippen LogP contribution is 2.32. The lowest BCUT2D eigenvalue weighted by molar-refractivity contribution is -0.162. The monoisotopic (exact) mass is 481 g/mol. The summed E-state index contributed by atoms with van der Waals surface area (Å²) in [5.41, 5.74) is 1.55. The van der Waals surface area contributed by atoms with E-state index in [-0.39, 0.29) is 18.0 Å². The van der Waals surface area contributed by atoms with E-state index < -0.39 is 0 Å². The molecule has 35 heavy (non-hydrogen) atoms. The van der Waals surface area contributed by atoms with E-state index in [4.69, 9.17) is 18.9 Å². The number of methoxy groups -OCH3 is 1. The number of para-hydroxylation sites is 1. The van der Waals surface area contributed by atoms with Gasteiger partial charge < -0.3 is 18.9 Å². The van der Waals surface area contributed by atoms with Crippen molar-refractivity contribution >= 4 is 5.78 Å². The van der Waals surface area contributed by atoms with Crippen molar-refractivity contribution in [1.82, 2.24) is 4.90 Å². The number of Topliss-reactive ketones (excluding diaryl/α,β-unsaturated/α-hetero) is 1. The van der Waals surface area contributed by atoms with Crippen LogP contribution in [0, 0.1) is 0 Å². The van der Waals surface area contributed by atoms with E-state index in [2.05, 4.69) is 4.90 Å². The Labute approximate surface area is 209 Å². The zero-order chi connectivity index (χ0) is 24.3. The van der Waals surface area contributed by atoms with Crippen molar-refractivity contribution in [2.24, 2.45) is 0 Å². The molecule has 2 atom stereocenters. The summed E-state index contributed by atoms with van der Waals surface area (Å²) in [5, 5.41) is 0. The molecule has 6 nitrogen and oxygen atoms in total. The third-order valence-electron chi connectivity index (χ3n) is 6.94. The van der Waals surface area contributed by atoms with Gasteiger partial charge in [-0.25, -0.2) is 0 Å². The van der Waals surface area contributed by atoms with Crippen LogP contribution in [0.3, 0.4) is 0 Å². The molecule has 2 aromatic rings. The fourth-order valence-electron chi connectivity index (χ4n) is 4.93. The maximum absolute atomic E-state index is 13.6. The number of benzene rings is 2. The van der Waals surface area contributed by atoms with Crippen LogP contribution in [0.1, 0.15) is 66.8 Å². The third-order valence-corrected chi connectivity index (χ3v) is 6.94. The molecule has 2 saturated heterocycles. The third kappa shape index (κ3) is 7.53. The van der Waals surface area contributed by atoms with E-state index >= 15 is 0 Å². The average molecular weight is 482 g/mol. The predicted molar refractivity (Wildman–Crippen MR) is 136 cm³/mol. The van der Waals surface area contributed by atoms with E-state index in [9.17, 15) is 4.79 Å². The van der Waals surface area contributed by atoms with Gasteiger partial charge in [0.25, 0.3) is 0 Å². The molecule has 0 N–H and O–H groups in total. The average Bonchev–Trinajstić information content (AvgIpc) is 2.92. The molecule has 2 unspecified atom stereocenters. The molecule has 2 heterocycles. The summed E-state index contributed by atoms with van der Waals surface area (Å²) in [4.78, 5) is 16.1. The van der Waals surface area contributed by atoms with Gasteiger partial charge in [-0.3, -0.25) is 9.69 Å². The summed E-state index contributed by atoms with van der Waals surface area (Å²) in [7, 11) is 1.64. The molecule has 0 radical (unpaired) electrons. The van der Waals surface area contributed by atoms with Crippen LogP contribution in [0.4, 0.5) is 0 Å². The van der Waals surface area contributed by atoms with Crippen LogP contribution in [0.25, 0.3) is 0 Å². The van der Waals surface area contributed by atoms with E-state index in [1.54, 1.807) is 7.11 Å². The van der Waals surface area contributed by atoms with Crippen molar-refractivity contribution < 1.29 is 23.7 Å². The summed E-state index contributed by atoms with van der Waals surface area (Å²) in [5.74, 6) is 1.21. The molecular formula is C29H39NO5. The minimum Gasteiger partial charge on any atom is -0.496 e. The molecule has 0 aromatic heterocycles. The van der Waals surface area contributed by atoms with Crippen LogP contribution in [0.2, 0.25) is 0 Å². The van der Waals surface area contributed by atoms with Crippen LogP contribution in [0.15, 0.2) is 48.5 Å². The summed E-state index contributed by atoms with van der Waals surface area (Å²) >= 11 is 0. The van der Waals surface area contributed by atoms with Gasteiger partial charge in [-0.1, -0.05) is 24.6 Å². The van der Waals surface area contributed by atoms with Crippen LogP contribution in [-0.4, -0.2) is 63.5 Å². The Bertz CT molecular complexity index is 904. The maximum atomic E-state index is 13.6. The molecule has 6 heteroatoms. The second kappa shape index (κ2) is 13.6. The highest BCUT2D eigenvalue weighted by molar-refractivity contribution is 6.01. The quantitative estimate of drug-likeness (QED) is 0.375. The normalized spacial score (nSPS) is 19.7. The topological polar surface area (TPSA) is 57.2 Å². The molecular weight excluding hydrogens is 442 g/mol. The molecule has 2 fully saturated rings. The molecule has 2 aliphatic heterocycles. The van der Waals surface area contributed by atoms with Gasteiger partial charge in [0.2, 0.25) is 0 Å². The van der Waals surface area contributed by atoms with Gasteiger partial charge in [-0.05, 0) is 81.9 Å². The fraction of sp³-hybridized carbons (Fsp3) is 0.552. The highest BCUT2D eigenvalue weighted by atomic mass is 16.7. The van der Waals surface area contributed by atoms with Gasteiger partial charge in [-0.2, -0.15) is 0 Å². The number of carbonyl (C=O) groups is 1. The number of hydrogen-bond donors (Lipinski definition) is 0. The molecule has 0 saturated carbocycles. The van der Waals surface area contributed by atoms with E-state index in [0.29, 0.717) is 25.2 Å². The number of likely N-dealkylation sites (tertiary alicyclic amines) is 1. The lowest BCUT2D eigenvalue weighted by atomic mass is 9.87. The zero-order valence-electron chi connectivity index (χ0n) is 21.0. The van der Waals surface area contributed by atoms with Crippen LogP contribution >= 0.6 is 0 Å². The summed E-state index contributed by atoms with van der Waals surface area (Å²) < 4.78 is 23.2. The highest BCUT2D eigenvalue weighted by Gasteiger charge is 2.26. The first-order valence-corrected chi connectivity index (χ1v) is 13.1. The van der Waals surface area contributed by atoms with Gasteiger partial charge in [0.1, 0.15) is 18.1 Å². The van der Waals surface area contributed by atoms with Gasteiger partial charge in [-0.15, -0.1) is 0 Å². The Kier molecular flexibility index (Phi) is 9.99. The van der Waals surface area contributed by atoms with E-state index in [1.165, 1.54) is 19.3 Å². The Morgan fingerprint density at radius 1 is 1.00 bits per heavy atom. The van der Waals surface area contributed by atoms with Crippen LogP contribution in [0.5, 0.6) is 11.5 Å². The number of nitrogens with zero attached hydrogens (tertiary/aromatic N) is 1. The Hall–Kier alpha value is -2.41. The molecule has 2 aliphatic rings. The van der Waals surface area contributed by atoms with Gasteiger partial charge in [0.15, 0.2) is 12.1 Å². The first kappa shape index (κ1) is 25.7. The lowest BCUT2D eigenvalue weighted by Crippen LogP contribution is -2.33. The second-order valence-corrected chi connectivity index (χ2v) is 9.39. The first-order chi connectivity index (χ1) is 17.2. The summed E-state index contributed by atoms with van der Waals surface area (Å²) in [6, 6.07) is 15.3.